The van der Waals surface area contributed by atoms with E-state index in [0.29, 0.717) is 17.9 Å². The number of benzene rings is 2. The Morgan fingerprint density at radius 1 is 1.18 bits per heavy atom. The Hall–Kier alpha value is -3.09. The molecule has 1 heterocycles. The number of hydrogen-bond donors (Lipinski definition) is 0. The van der Waals surface area contributed by atoms with Gasteiger partial charge in [0.1, 0.15) is 12.1 Å². The van der Waals surface area contributed by atoms with Crippen LogP contribution in [0, 0.1) is 15.9 Å². The van der Waals surface area contributed by atoms with Gasteiger partial charge in [0.15, 0.2) is 5.82 Å². The molecular weight excluding hydrogens is 287 g/mol. The number of nitro benzene ring substituents is 1. The van der Waals surface area contributed by atoms with Gasteiger partial charge in [-0.25, -0.2) is 14.1 Å². The van der Waals surface area contributed by atoms with Crippen molar-refractivity contribution in [1.82, 2.24) is 14.8 Å². The second-order valence-electron chi connectivity index (χ2n) is 4.70. The number of halogens is 1. The van der Waals surface area contributed by atoms with Crippen molar-refractivity contribution < 1.29 is 9.31 Å². The van der Waals surface area contributed by atoms with E-state index in [1.54, 1.807) is 28.9 Å². The minimum Gasteiger partial charge on any atom is -0.258 e. The van der Waals surface area contributed by atoms with Crippen molar-refractivity contribution in [3.8, 4) is 11.4 Å². The maximum absolute atomic E-state index is 12.9. The Bertz CT molecular complexity index is 814. The van der Waals surface area contributed by atoms with E-state index < -0.39 is 4.92 Å². The lowest BCUT2D eigenvalue weighted by Crippen LogP contribution is -2.00. The number of nitro groups is 1. The van der Waals surface area contributed by atoms with Gasteiger partial charge >= 0.3 is 0 Å². The van der Waals surface area contributed by atoms with E-state index in [9.17, 15) is 14.5 Å². The van der Waals surface area contributed by atoms with Gasteiger partial charge in [-0.2, -0.15) is 5.10 Å². The van der Waals surface area contributed by atoms with Gasteiger partial charge in [0.25, 0.3) is 5.69 Å². The molecule has 110 valence electrons. The minimum atomic E-state index is -0.459. The molecule has 3 aromatic rings. The Labute approximate surface area is 125 Å². The molecule has 0 aliphatic rings. The van der Waals surface area contributed by atoms with E-state index in [1.807, 2.05) is 0 Å². The third-order valence-corrected chi connectivity index (χ3v) is 3.11. The number of nitrogens with zero attached hydrogens (tertiary/aromatic N) is 4. The van der Waals surface area contributed by atoms with Crippen LogP contribution in [-0.4, -0.2) is 19.7 Å². The Morgan fingerprint density at radius 2 is 1.95 bits per heavy atom. The van der Waals surface area contributed by atoms with Crippen LogP contribution in [0.1, 0.15) is 5.56 Å². The zero-order valence-electron chi connectivity index (χ0n) is 11.4. The molecule has 0 radical (unpaired) electrons. The van der Waals surface area contributed by atoms with E-state index in [0.717, 1.165) is 5.56 Å². The molecule has 22 heavy (non-hydrogen) atoms. The van der Waals surface area contributed by atoms with Crippen LogP contribution in [0.25, 0.3) is 11.4 Å². The molecule has 0 unspecified atom stereocenters. The first kappa shape index (κ1) is 13.9. The van der Waals surface area contributed by atoms with Gasteiger partial charge in [0, 0.05) is 17.7 Å². The van der Waals surface area contributed by atoms with Crippen LogP contribution in [0.3, 0.4) is 0 Å². The fourth-order valence-corrected chi connectivity index (χ4v) is 2.04. The number of hydrogen-bond acceptors (Lipinski definition) is 4. The van der Waals surface area contributed by atoms with Gasteiger partial charge < -0.3 is 0 Å². The predicted molar refractivity (Wildman–Crippen MR) is 77.6 cm³/mol. The maximum Gasteiger partial charge on any atom is 0.270 e. The first-order valence-electron chi connectivity index (χ1n) is 6.50. The number of rotatable bonds is 4. The fraction of sp³-hybridized carbons (Fsp3) is 0.0667. The van der Waals surface area contributed by atoms with Crippen molar-refractivity contribution in [2.24, 2.45) is 0 Å². The van der Waals surface area contributed by atoms with Crippen molar-refractivity contribution in [3.63, 3.8) is 0 Å². The van der Waals surface area contributed by atoms with E-state index in [2.05, 4.69) is 10.1 Å². The summed E-state index contributed by atoms with van der Waals surface area (Å²) in [5, 5.41) is 15.1. The highest BCUT2D eigenvalue weighted by molar-refractivity contribution is 5.58. The summed E-state index contributed by atoms with van der Waals surface area (Å²) >= 11 is 0. The predicted octanol–water partition coefficient (Wildman–Crippen LogP) is 3.04. The molecule has 0 aliphatic carbocycles. The molecule has 0 spiro atoms. The zero-order chi connectivity index (χ0) is 15.5. The first-order valence-corrected chi connectivity index (χ1v) is 6.50. The lowest BCUT2D eigenvalue weighted by molar-refractivity contribution is -0.384. The average molecular weight is 298 g/mol. The quantitative estimate of drug-likeness (QED) is 0.548. The van der Waals surface area contributed by atoms with Gasteiger partial charge in [-0.05, 0) is 17.7 Å². The monoisotopic (exact) mass is 298 g/mol. The molecule has 3 rings (SSSR count). The minimum absolute atomic E-state index is 0.00705. The van der Waals surface area contributed by atoms with E-state index in [-0.39, 0.29) is 11.5 Å². The van der Waals surface area contributed by atoms with Crippen LogP contribution < -0.4 is 0 Å². The summed E-state index contributed by atoms with van der Waals surface area (Å²) in [6.07, 6.45) is 1.54. The van der Waals surface area contributed by atoms with Gasteiger partial charge in [-0.1, -0.05) is 24.3 Å². The van der Waals surface area contributed by atoms with Gasteiger partial charge in [-0.15, -0.1) is 0 Å². The molecule has 2 aromatic carbocycles. The molecule has 0 amide bonds. The van der Waals surface area contributed by atoms with Crippen LogP contribution in [0.5, 0.6) is 0 Å². The lowest BCUT2D eigenvalue weighted by Gasteiger charge is -2.00. The van der Waals surface area contributed by atoms with Crippen LogP contribution in [-0.2, 0) is 6.54 Å². The van der Waals surface area contributed by atoms with E-state index >= 15 is 0 Å². The molecule has 0 saturated heterocycles. The van der Waals surface area contributed by atoms with Crippen LogP contribution in [0.15, 0.2) is 54.9 Å². The first-order chi connectivity index (χ1) is 10.6. The standard InChI is InChI=1S/C15H11FN4O2/c16-13-6-4-11(5-7-13)9-19-10-17-15(18-19)12-2-1-3-14(8-12)20(21)22/h1-8,10H,9H2. The molecule has 0 atom stereocenters. The highest BCUT2D eigenvalue weighted by Gasteiger charge is 2.10. The SMILES string of the molecule is O=[N+]([O-])c1cccc(-c2ncn(Cc3ccc(F)cc3)n2)c1. The van der Waals surface area contributed by atoms with Gasteiger partial charge in [0.2, 0.25) is 0 Å². The van der Waals surface area contributed by atoms with Gasteiger partial charge in [-0.3, -0.25) is 10.1 Å². The summed E-state index contributed by atoms with van der Waals surface area (Å²) in [5.41, 5.74) is 1.45. The van der Waals surface area contributed by atoms with Crippen molar-refractivity contribution >= 4 is 5.69 Å². The smallest absolute Gasteiger partial charge is 0.258 e. The fourth-order valence-electron chi connectivity index (χ4n) is 2.04. The molecular formula is C15H11FN4O2. The summed E-state index contributed by atoms with van der Waals surface area (Å²) < 4.78 is 14.5. The molecule has 7 heteroatoms. The second-order valence-corrected chi connectivity index (χ2v) is 4.70. The van der Waals surface area contributed by atoms with Crippen molar-refractivity contribution in [2.45, 2.75) is 6.54 Å². The Morgan fingerprint density at radius 3 is 2.68 bits per heavy atom. The van der Waals surface area contributed by atoms with Crippen LogP contribution in [0.4, 0.5) is 10.1 Å². The van der Waals surface area contributed by atoms with Crippen molar-refractivity contribution in [2.75, 3.05) is 0 Å². The maximum atomic E-state index is 12.9. The normalized spacial score (nSPS) is 10.6. The average Bonchev–Trinajstić information content (AvgIpc) is 2.98. The number of aromatic nitrogens is 3. The molecule has 0 bridgehead atoms. The van der Waals surface area contributed by atoms with Crippen LogP contribution >= 0.6 is 0 Å². The third kappa shape index (κ3) is 2.98. The summed E-state index contributed by atoms with van der Waals surface area (Å²) in [7, 11) is 0. The van der Waals surface area contributed by atoms with E-state index in [1.165, 1.54) is 30.6 Å². The van der Waals surface area contributed by atoms with E-state index in [4.69, 9.17) is 0 Å². The summed E-state index contributed by atoms with van der Waals surface area (Å²) in [5.74, 6) is 0.116. The second kappa shape index (κ2) is 5.72. The van der Waals surface area contributed by atoms with Gasteiger partial charge in [0.05, 0.1) is 11.5 Å². The largest absolute Gasteiger partial charge is 0.270 e. The summed E-state index contributed by atoms with van der Waals surface area (Å²) in [6, 6.07) is 12.3. The Balaban J connectivity index is 1.83. The molecule has 0 saturated carbocycles. The molecule has 0 aliphatic heterocycles. The highest BCUT2D eigenvalue weighted by Crippen LogP contribution is 2.20. The summed E-state index contributed by atoms with van der Waals surface area (Å²) in [4.78, 5) is 14.5. The van der Waals surface area contributed by atoms with Crippen molar-refractivity contribution in [1.29, 1.82) is 0 Å². The van der Waals surface area contributed by atoms with Crippen molar-refractivity contribution in [3.05, 3.63) is 76.4 Å². The molecule has 0 fully saturated rings. The summed E-state index contributed by atoms with van der Waals surface area (Å²) in [6.45, 7) is 0.447. The third-order valence-electron chi connectivity index (χ3n) is 3.11. The molecule has 1 aromatic heterocycles. The molecule has 0 N–H and O–H groups in total. The zero-order valence-corrected chi connectivity index (χ0v) is 11.4. The number of non-ortho nitro benzene ring substituents is 1. The topological polar surface area (TPSA) is 73.8 Å². The molecule has 6 nitrogen and oxygen atoms in total. The van der Waals surface area contributed by atoms with Crippen LogP contribution in [0.2, 0.25) is 0 Å². The Kier molecular flexibility index (Phi) is 3.61. The lowest BCUT2D eigenvalue weighted by atomic mass is 10.2. The highest BCUT2D eigenvalue weighted by atomic mass is 19.1.